The zero-order chi connectivity index (χ0) is 20.5. The lowest BCUT2D eigenvalue weighted by atomic mass is 10.2. The van der Waals surface area contributed by atoms with E-state index < -0.39 is 42.6 Å². The van der Waals surface area contributed by atoms with Gasteiger partial charge >= 0.3 is 5.97 Å². The van der Waals surface area contributed by atoms with Gasteiger partial charge in [0.05, 0.1) is 6.54 Å². The number of benzene rings is 1. The predicted octanol–water partition coefficient (Wildman–Crippen LogP) is 0.965. The molecule has 1 aromatic carbocycles. The highest BCUT2D eigenvalue weighted by molar-refractivity contribution is 5.94. The van der Waals surface area contributed by atoms with E-state index in [1.54, 1.807) is 0 Å². The van der Waals surface area contributed by atoms with Crippen LogP contribution in [0, 0.1) is 11.6 Å². The Balaban J connectivity index is 1.67. The molecule has 1 saturated heterocycles. The zero-order valence-electron chi connectivity index (χ0n) is 15.1. The number of amides is 3. The highest BCUT2D eigenvalue weighted by atomic mass is 19.2. The SMILES string of the molecule is O=C(COC(=O)CN1CCCCCC1=O)NCC(=O)Nc1ccc(F)c(F)c1. The van der Waals surface area contributed by atoms with Crippen LogP contribution in [-0.4, -0.2) is 54.8 Å². The summed E-state index contributed by atoms with van der Waals surface area (Å²) in [6, 6.07) is 2.84. The first-order valence-electron chi connectivity index (χ1n) is 8.80. The number of esters is 1. The van der Waals surface area contributed by atoms with Crippen LogP contribution >= 0.6 is 0 Å². The Kier molecular flexibility index (Phi) is 7.85. The number of nitrogens with zero attached hydrogens (tertiary/aromatic N) is 1. The maximum absolute atomic E-state index is 13.1. The van der Waals surface area contributed by atoms with E-state index in [4.69, 9.17) is 4.74 Å². The fourth-order valence-electron chi connectivity index (χ4n) is 2.56. The van der Waals surface area contributed by atoms with Crippen molar-refractivity contribution in [3.8, 4) is 0 Å². The van der Waals surface area contributed by atoms with Crippen LogP contribution in [0.4, 0.5) is 14.5 Å². The largest absolute Gasteiger partial charge is 0.454 e. The molecule has 0 aromatic heterocycles. The first kappa shape index (κ1) is 21.3. The molecule has 1 aromatic rings. The van der Waals surface area contributed by atoms with E-state index in [-0.39, 0.29) is 18.1 Å². The van der Waals surface area contributed by atoms with Crippen LogP contribution in [-0.2, 0) is 23.9 Å². The third kappa shape index (κ3) is 6.93. The second-order valence-electron chi connectivity index (χ2n) is 6.24. The average molecular weight is 397 g/mol. The Morgan fingerprint density at radius 1 is 1.07 bits per heavy atom. The fourth-order valence-corrected chi connectivity index (χ4v) is 2.56. The van der Waals surface area contributed by atoms with Crippen molar-refractivity contribution in [3.05, 3.63) is 29.8 Å². The Morgan fingerprint density at radius 2 is 1.86 bits per heavy atom. The molecule has 28 heavy (non-hydrogen) atoms. The van der Waals surface area contributed by atoms with E-state index in [9.17, 15) is 28.0 Å². The van der Waals surface area contributed by atoms with Gasteiger partial charge in [-0.05, 0) is 25.0 Å². The van der Waals surface area contributed by atoms with Gasteiger partial charge in [0, 0.05) is 24.7 Å². The summed E-state index contributed by atoms with van der Waals surface area (Å²) >= 11 is 0. The van der Waals surface area contributed by atoms with Gasteiger partial charge in [-0.2, -0.15) is 0 Å². The molecule has 152 valence electrons. The Hall–Kier alpha value is -3.04. The minimum absolute atomic E-state index is 0.0340. The maximum atomic E-state index is 13.1. The highest BCUT2D eigenvalue weighted by Crippen LogP contribution is 2.13. The lowest BCUT2D eigenvalue weighted by molar-refractivity contribution is -0.152. The molecule has 1 aliphatic rings. The van der Waals surface area contributed by atoms with Crippen LogP contribution in [0.3, 0.4) is 0 Å². The summed E-state index contributed by atoms with van der Waals surface area (Å²) in [5, 5.41) is 4.51. The zero-order valence-corrected chi connectivity index (χ0v) is 15.1. The molecular weight excluding hydrogens is 376 g/mol. The summed E-state index contributed by atoms with van der Waals surface area (Å²) in [7, 11) is 0. The third-order valence-electron chi connectivity index (χ3n) is 4.01. The van der Waals surface area contributed by atoms with E-state index in [1.165, 1.54) is 11.0 Å². The monoisotopic (exact) mass is 397 g/mol. The van der Waals surface area contributed by atoms with Crippen LogP contribution in [0.1, 0.15) is 25.7 Å². The van der Waals surface area contributed by atoms with E-state index in [1.807, 2.05) is 0 Å². The molecule has 2 N–H and O–H groups in total. The van der Waals surface area contributed by atoms with Gasteiger partial charge < -0.3 is 20.3 Å². The van der Waals surface area contributed by atoms with Crippen molar-refractivity contribution in [2.75, 3.05) is 31.6 Å². The van der Waals surface area contributed by atoms with Crippen molar-refractivity contribution < 1.29 is 32.7 Å². The molecule has 3 amide bonds. The summed E-state index contributed by atoms with van der Waals surface area (Å²) in [4.78, 5) is 48.3. The van der Waals surface area contributed by atoms with Gasteiger partial charge in [0.15, 0.2) is 18.2 Å². The third-order valence-corrected chi connectivity index (χ3v) is 4.01. The number of carbonyl (C=O) groups excluding carboxylic acids is 4. The van der Waals surface area contributed by atoms with Gasteiger partial charge in [-0.15, -0.1) is 0 Å². The van der Waals surface area contributed by atoms with Crippen LogP contribution < -0.4 is 10.6 Å². The number of carbonyl (C=O) groups is 4. The molecule has 2 rings (SSSR count). The number of ether oxygens (including phenoxy) is 1. The first-order valence-corrected chi connectivity index (χ1v) is 8.80. The van der Waals surface area contributed by atoms with Gasteiger partial charge in [0.25, 0.3) is 5.91 Å². The minimum Gasteiger partial charge on any atom is -0.454 e. The van der Waals surface area contributed by atoms with E-state index in [2.05, 4.69) is 10.6 Å². The fraction of sp³-hybridized carbons (Fsp3) is 0.444. The standard InChI is InChI=1S/C18H21F2N3O5/c19-13-6-5-12(8-14(13)20)22-15(24)9-21-16(25)11-28-18(27)10-23-7-3-1-2-4-17(23)26/h5-6,8H,1-4,7,9-11H2,(H,21,25)(H,22,24). The van der Waals surface area contributed by atoms with Crippen molar-refractivity contribution in [2.24, 2.45) is 0 Å². The van der Waals surface area contributed by atoms with E-state index in [0.717, 1.165) is 31.4 Å². The van der Waals surface area contributed by atoms with Crippen LogP contribution in [0.5, 0.6) is 0 Å². The molecule has 1 heterocycles. The highest BCUT2D eigenvalue weighted by Gasteiger charge is 2.20. The number of anilines is 1. The maximum Gasteiger partial charge on any atom is 0.326 e. The van der Waals surface area contributed by atoms with Crippen molar-refractivity contribution in [3.63, 3.8) is 0 Å². The summed E-state index contributed by atoms with van der Waals surface area (Å²) in [5.74, 6) is -4.37. The molecule has 1 aliphatic heterocycles. The summed E-state index contributed by atoms with van der Waals surface area (Å²) < 4.78 is 30.7. The molecule has 0 aliphatic carbocycles. The number of hydrogen-bond acceptors (Lipinski definition) is 5. The quantitative estimate of drug-likeness (QED) is 0.667. The van der Waals surface area contributed by atoms with Crippen LogP contribution in [0.25, 0.3) is 0 Å². The predicted molar refractivity (Wildman–Crippen MR) is 94.0 cm³/mol. The van der Waals surface area contributed by atoms with Gasteiger partial charge in [0.2, 0.25) is 11.8 Å². The normalized spacial score (nSPS) is 14.2. The summed E-state index contributed by atoms with van der Waals surface area (Å²) in [6.45, 7) is -0.785. The molecule has 1 fully saturated rings. The number of halogens is 2. The van der Waals surface area contributed by atoms with Crippen LogP contribution in [0.15, 0.2) is 18.2 Å². The Bertz CT molecular complexity index is 757. The molecule has 0 bridgehead atoms. The summed E-state index contributed by atoms with van der Waals surface area (Å²) in [5.41, 5.74) is 0.0340. The van der Waals surface area contributed by atoms with Gasteiger partial charge in [0.1, 0.15) is 6.54 Å². The number of hydrogen-bond donors (Lipinski definition) is 2. The van der Waals surface area contributed by atoms with Crippen molar-refractivity contribution in [2.45, 2.75) is 25.7 Å². The van der Waals surface area contributed by atoms with E-state index >= 15 is 0 Å². The van der Waals surface area contributed by atoms with Gasteiger partial charge in [-0.1, -0.05) is 6.42 Å². The molecule has 0 radical (unpaired) electrons. The summed E-state index contributed by atoms with van der Waals surface area (Å²) in [6.07, 6.45) is 2.92. The lowest BCUT2D eigenvalue weighted by Gasteiger charge is -2.19. The topological polar surface area (TPSA) is 105 Å². The first-order chi connectivity index (χ1) is 13.3. The van der Waals surface area contributed by atoms with E-state index in [0.29, 0.717) is 13.0 Å². The Labute approximate surface area is 160 Å². The van der Waals surface area contributed by atoms with Gasteiger partial charge in [-0.25, -0.2) is 8.78 Å². The average Bonchev–Trinajstić information content (AvgIpc) is 2.86. The molecule has 10 heteroatoms. The Morgan fingerprint density at radius 3 is 2.61 bits per heavy atom. The molecular formula is C18H21F2N3O5. The molecule has 8 nitrogen and oxygen atoms in total. The second-order valence-corrected chi connectivity index (χ2v) is 6.24. The lowest BCUT2D eigenvalue weighted by Crippen LogP contribution is -2.38. The number of likely N-dealkylation sites (tertiary alicyclic amines) is 1. The molecule has 0 spiro atoms. The molecule has 0 saturated carbocycles. The number of nitrogens with one attached hydrogen (secondary N) is 2. The second kappa shape index (κ2) is 10.3. The van der Waals surface area contributed by atoms with Gasteiger partial charge in [-0.3, -0.25) is 19.2 Å². The molecule has 0 unspecified atom stereocenters. The van der Waals surface area contributed by atoms with Crippen molar-refractivity contribution >= 4 is 29.4 Å². The molecule has 0 atom stereocenters. The van der Waals surface area contributed by atoms with Crippen molar-refractivity contribution in [1.82, 2.24) is 10.2 Å². The minimum atomic E-state index is -1.11. The van der Waals surface area contributed by atoms with Crippen LogP contribution in [0.2, 0.25) is 0 Å². The van der Waals surface area contributed by atoms with Crippen molar-refractivity contribution in [1.29, 1.82) is 0 Å². The number of rotatable bonds is 7. The smallest absolute Gasteiger partial charge is 0.326 e.